The van der Waals surface area contributed by atoms with Crippen LogP contribution in [-0.2, 0) is 27.1 Å². The van der Waals surface area contributed by atoms with Crippen molar-refractivity contribution in [2.24, 2.45) is 0 Å². The molecule has 13 rings (SSSR count). The highest BCUT2D eigenvalue weighted by Crippen LogP contribution is 2.64. The molecule has 334 valence electrons. The molecule has 2 nitrogen and oxygen atoms in total. The van der Waals surface area contributed by atoms with Crippen molar-refractivity contribution in [2.75, 3.05) is 4.90 Å². The summed E-state index contributed by atoms with van der Waals surface area (Å²) in [7, 11) is 0. The lowest BCUT2D eigenvalue weighted by Crippen LogP contribution is -2.61. The van der Waals surface area contributed by atoms with Crippen LogP contribution in [0.4, 0.5) is 17.1 Å². The van der Waals surface area contributed by atoms with Gasteiger partial charge in [0.15, 0.2) is 0 Å². The van der Waals surface area contributed by atoms with E-state index in [1.807, 2.05) is 0 Å². The lowest BCUT2D eigenvalue weighted by Gasteiger charge is -2.49. The topological polar surface area (TPSA) is 8.17 Å². The van der Waals surface area contributed by atoms with Crippen LogP contribution < -0.4 is 21.3 Å². The van der Waals surface area contributed by atoms with Gasteiger partial charge in [-0.1, -0.05) is 177 Å². The van der Waals surface area contributed by atoms with Crippen LogP contribution in [0.5, 0.6) is 0 Å². The van der Waals surface area contributed by atoms with Gasteiger partial charge in [0.2, 0.25) is 0 Å². The number of hydrogen-bond acceptors (Lipinski definition) is 1. The number of benzene rings is 7. The van der Waals surface area contributed by atoms with Crippen LogP contribution in [0.1, 0.15) is 177 Å². The first-order valence-corrected chi connectivity index (χ1v) is 25.1. The predicted octanol–water partition coefficient (Wildman–Crippen LogP) is 14.9. The van der Waals surface area contributed by atoms with Crippen molar-refractivity contribution in [3.8, 4) is 16.8 Å². The summed E-state index contributed by atoms with van der Waals surface area (Å²) in [5.74, 6) is 0.266. The van der Waals surface area contributed by atoms with Crippen molar-refractivity contribution in [1.82, 2.24) is 4.57 Å². The zero-order valence-electron chi connectivity index (χ0n) is 42.5. The largest absolute Gasteiger partial charge is 0.311 e. The lowest BCUT2D eigenvalue weighted by molar-refractivity contribution is 0.587. The number of nitrogens with zero attached hydrogens (tertiary/aromatic N) is 2. The van der Waals surface area contributed by atoms with Crippen molar-refractivity contribution in [1.29, 1.82) is 0 Å². The van der Waals surface area contributed by atoms with Gasteiger partial charge in [-0.25, -0.2) is 0 Å². The molecule has 0 saturated carbocycles. The second-order valence-electron chi connectivity index (χ2n) is 26.2. The highest BCUT2D eigenvalue weighted by molar-refractivity contribution is 7.00. The fraction of sp³-hybridized carbons (Fsp3) is 0.344. The van der Waals surface area contributed by atoms with Crippen LogP contribution in [0, 0.1) is 0 Å². The third-order valence-corrected chi connectivity index (χ3v) is 16.8. The van der Waals surface area contributed by atoms with Gasteiger partial charge in [-0.15, -0.1) is 0 Å². The van der Waals surface area contributed by atoms with E-state index in [1.54, 1.807) is 0 Å². The molecule has 0 N–H and O–H groups in total. The van der Waals surface area contributed by atoms with Gasteiger partial charge in [0.25, 0.3) is 6.71 Å². The summed E-state index contributed by atoms with van der Waals surface area (Å²) < 4.78 is 2.64. The summed E-state index contributed by atoms with van der Waals surface area (Å²) in [6, 6.07) is 45.1. The Balaban J connectivity index is 1.18. The smallest absolute Gasteiger partial charge is 0.252 e. The van der Waals surface area contributed by atoms with Crippen LogP contribution in [0.25, 0.3) is 38.6 Å². The normalized spacial score (nSPS) is 17.4. The lowest BCUT2D eigenvalue weighted by atomic mass is 9.33. The Morgan fingerprint density at radius 3 is 1.66 bits per heavy atom. The van der Waals surface area contributed by atoms with Gasteiger partial charge >= 0.3 is 0 Å². The second-order valence-corrected chi connectivity index (χ2v) is 26.2. The average molecular weight is 873 g/mol. The average Bonchev–Trinajstić information content (AvgIpc) is 3.77. The van der Waals surface area contributed by atoms with Gasteiger partial charge in [-0.3, -0.25) is 0 Å². The molecule has 3 aliphatic heterocycles. The van der Waals surface area contributed by atoms with Crippen molar-refractivity contribution in [3.05, 3.63) is 170 Å². The third kappa shape index (κ3) is 5.41. The molecule has 0 fully saturated rings. The molecular weight excluding hydrogens is 808 g/mol. The predicted molar refractivity (Wildman–Crippen MR) is 287 cm³/mol. The van der Waals surface area contributed by atoms with Gasteiger partial charge in [0.05, 0.1) is 11.2 Å². The van der Waals surface area contributed by atoms with E-state index in [9.17, 15) is 0 Å². The Morgan fingerprint density at radius 1 is 0.403 bits per heavy atom. The molecule has 1 aromatic heterocycles. The Kier molecular flexibility index (Phi) is 7.81. The highest BCUT2D eigenvalue weighted by Gasteiger charge is 2.51. The van der Waals surface area contributed by atoms with Crippen LogP contribution in [-0.4, -0.2) is 11.3 Å². The molecule has 0 radical (unpaired) electrons. The maximum absolute atomic E-state index is 2.74. The molecule has 2 atom stereocenters. The van der Waals surface area contributed by atoms with Crippen molar-refractivity contribution in [3.63, 3.8) is 0 Å². The fourth-order valence-electron chi connectivity index (χ4n) is 13.1. The summed E-state index contributed by atoms with van der Waals surface area (Å²) in [4.78, 5) is 2.74. The summed E-state index contributed by atoms with van der Waals surface area (Å²) >= 11 is 0. The van der Waals surface area contributed by atoms with E-state index >= 15 is 0 Å². The van der Waals surface area contributed by atoms with Crippen molar-refractivity contribution in [2.45, 2.75) is 143 Å². The molecule has 0 spiro atoms. The van der Waals surface area contributed by atoms with Gasteiger partial charge < -0.3 is 9.47 Å². The van der Waals surface area contributed by atoms with Crippen molar-refractivity contribution < 1.29 is 0 Å². The molecule has 2 unspecified atom stereocenters. The number of anilines is 3. The second kappa shape index (κ2) is 12.6. The van der Waals surface area contributed by atoms with Crippen LogP contribution in [0.15, 0.2) is 109 Å². The minimum absolute atomic E-state index is 0.00688. The SMILES string of the molecule is CC(C)(C)c1ccc2c(c1)-c1cc(C(C)(C)C)cc3c1C2c1ccc2c4c1C3c1cc(C(C)(C)C)ccc1N4c1cccc3c1B2c1cc(C(C)(C)C)cc2c4cc(C(C)(C)C)ccc4n-3c12. The number of fused-ring (bicyclic) bond motifs is 15. The molecule has 2 aliphatic carbocycles. The first kappa shape index (κ1) is 41.4. The van der Waals surface area contributed by atoms with Crippen LogP contribution in [0.2, 0.25) is 0 Å². The number of rotatable bonds is 0. The Hall–Kier alpha value is -5.80. The maximum atomic E-state index is 2.74. The highest BCUT2D eigenvalue weighted by atomic mass is 15.2. The molecule has 4 heterocycles. The zero-order valence-corrected chi connectivity index (χ0v) is 42.5. The quantitative estimate of drug-likeness (QED) is 0.138. The fourth-order valence-corrected chi connectivity index (χ4v) is 13.1. The molecule has 5 aliphatic rings. The summed E-state index contributed by atoms with van der Waals surface area (Å²) in [5, 5.41) is 2.73. The van der Waals surface area contributed by atoms with Crippen LogP contribution >= 0.6 is 0 Å². The van der Waals surface area contributed by atoms with E-state index in [2.05, 4.69) is 223 Å². The molecule has 0 amide bonds. The van der Waals surface area contributed by atoms with E-state index < -0.39 is 0 Å². The molecule has 67 heavy (non-hydrogen) atoms. The standard InChI is InChI=1S/C64H65BN2/c1-60(2,3)34-19-22-39-41(27-34)43-30-37(63(10,11)12)32-46-54(43)53(39)40-23-24-47-59-56(40)55(46)45-29-36(62(7,8)9)21-26-50(45)67(59)52-18-16-17-51-57(52)65(47)48-33-38(64(13,14)15)31-44-42-28-35(61(4,5)6)20-25-49(42)66(51)58(44)48/h16-33,53,55H,1-15H3. The maximum Gasteiger partial charge on any atom is 0.252 e. The molecule has 7 aromatic carbocycles. The Labute approximate surface area is 399 Å². The van der Waals surface area contributed by atoms with E-state index in [0.717, 1.165) is 0 Å². The minimum atomic E-state index is -0.0327. The monoisotopic (exact) mass is 873 g/mol. The molecule has 3 heteroatoms. The first-order chi connectivity index (χ1) is 31.4. The Bertz CT molecular complexity index is 3560. The Morgan fingerprint density at radius 2 is 0.955 bits per heavy atom. The van der Waals surface area contributed by atoms with E-state index in [1.165, 1.54) is 133 Å². The van der Waals surface area contributed by atoms with Gasteiger partial charge in [0, 0.05) is 45.2 Å². The van der Waals surface area contributed by atoms with E-state index in [0.29, 0.717) is 0 Å². The molecule has 8 aromatic rings. The number of hydrogen-bond donors (Lipinski definition) is 0. The number of aromatic nitrogens is 1. The van der Waals surface area contributed by atoms with E-state index in [4.69, 9.17) is 0 Å². The van der Waals surface area contributed by atoms with Gasteiger partial charge in [0.1, 0.15) is 0 Å². The summed E-state index contributed by atoms with van der Waals surface area (Å²) in [5.41, 5.74) is 31.1. The third-order valence-electron chi connectivity index (χ3n) is 16.8. The molecular formula is C64H65BN2. The molecule has 0 saturated heterocycles. The minimum Gasteiger partial charge on any atom is -0.311 e. The van der Waals surface area contributed by atoms with Crippen LogP contribution in [0.3, 0.4) is 0 Å². The zero-order chi connectivity index (χ0) is 47.0. The van der Waals surface area contributed by atoms with E-state index in [-0.39, 0.29) is 45.6 Å². The summed E-state index contributed by atoms with van der Waals surface area (Å²) in [6.45, 7) is 35.7. The first-order valence-electron chi connectivity index (χ1n) is 25.1. The van der Waals surface area contributed by atoms with Gasteiger partial charge in [-0.2, -0.15) is 0 Å². The summed E-state index contributed by atoms with van der Waals surface area (Å²) in [6.07, 6.45) is 0. The van der Waals surface area contributed by atoms with Gasteiger partial charge in [-0.05, 0) is 152 Å². The molecule has 0 bridgehead atoms. The van der Waals surface area contributed by atoms with Crippen molar-refractivity contribution >= 4 is 62.0 Å².